The summed E-state index contributed by atoms with van der Waals surface area (Å²) in [5.74, 6) is 0.717. The van der Waals surface area contributed by atoms with Crippen LogP contribution >= 0.6 is 12.6 Å². The molecule has 0 unspecified atom stereocenters. The van der Waals surface area contributed by atoms with Crippen molar-refractivity contribution in [3.63, 3.8) is 0 Å². The molecule has 0 aliphatic carbocycles. The Morgan fingerprint density at radius 1 is 1.36 bits per heavy atom. The van der Waals surface area contributed by atoms with E-state index in [1.54, 1.807) is 6.07 Å². The molecule has 0 saturated heterocycles. The highest BCUT2D eigenvalue weighted by molar-refractivity contribution is 7.80. The zero-order valence-corrected chi connectivity index (χ0v) is 7.60. The SMILES string of the molecule is CC(C)c1ccc(S)c(O)c1. The maximum Gasteiger partial charge on any atom is 0.129 e. The van der Waals surface area contributed by atoms with E-state index >= 15 is 0 Å². The van der Waals surface area contributed by atoms with Gasteiger partial charge in [-0.1, -0.05) is 19.9 Å². The second kappa shape index (κ2) is 3.18. The number of rotatable bonds is 1. The number of phenolic OH excluding ortho intramolecular Hbond substituents is 1. The van der Waals surface area contributed by atoms with Crippen LogP contribution in [-0.2, 0) is 0 Å². The van der Waals surface area contributed by atoms with Crippen LogP contribution in [0, 0.1) is 0 Å². The lowest BCUT2D eigenvalue weighted by Crippen LogP contribution is -1.85. The van der Waals surface area contributed by atoms with E-state index in [2.05, 4.69) is 26.5 Å². The molecule has 1 nitrogen and oxygen atoms in total. The zero-order valence-electron chi connectivity index (χ0n) is 6.70. The first-order valence-electron chi connectivity index (χ1n) is 3.63. The summed E-state index contributed by atoms with van der Waals surface area (Å²) in [7, 11) is 0. The molecule has 0 saturated carbocycles. The number of phenols is 1. The Kier molecular flexibility index (Phi) is 2.45. The molecule has 0 fully saturated rings. The van der Waals surface area contributed by atoms with Crippen LogP contribution in [0.1, 0.15) is 25.3 Å². The molecule has 0 radical (unpaired) electrons. The van der Waals surface area contributed by atoms with Gasteiger partial charge in [0, 0.05) is 4.90 Å². The minimum atomic E-state index is 0.263. The van der Waals surface area contributed by atoms with E-state index in [0.29, 0.717) is 10.8 Å². The molecule has 1 rings (SSSR count). The van der Waals surface area contributed by atoms with Gasteiger partial charge in [-0.3, -0.25) is 0 Å². The monoisotopic (exact) mass is 168 g/mol. The van der Waals surface area contributed by atoms with Gasteiger partial charge in [-0.15, -0.1) is 12.6 Å². The van der Waals surface area contributed by atoms with Crippen molar-refractivity contribution < 1.29 is 5.11 Å². The Balaban J connectivity index is 3.05. The first-order chi connectivity index (χ1) is 5.11. The van der Waals surface area contributed by atoms with Gasteiger partial charge in [-0.05, 0) is 23.6 Å². The summed E-state index contributed by atoms with van der Waals surface area (Å²) in [6, 6.07) is 5.55. The fraction of sp³-hybridized carbons (Fsp3) is 0.333. The summed E-state index contributed by atoms with van der Waals surface area (Å²) in [5, 5.41) is 9.27. The van der Waals surface area contributed by atoms with E-state index in [1.165, 1.54) is 0 Å². The summed E-state index contributed by atoms with van der Waals surface area (Å²) < 4.78 is 0. The van der Waals surface area contributed by atoms with Crippen molar-refractivity contribution in [2.45, 2.75) is 24.7 Å². The van der Waals surface area contributed by atoms with E-state index in [1.807, 2.05) is 12.1 Å². The molecule has 0 aliphatic heterocycles. The molecule has 60 valence electrons. The molecular formula is C9H12OS. The summed E-state index contributed by atoms with van der Waals surface area (Å²) in [6.07, 6.45) is 0. The molecule has 0 spiro atoms. The van der Waals surface area contributed by atoms with Gasteiger partial charge in [0.2, 0.25) is 0 Å². The summed E-state index contributed by atoms with van der Waals surface area (Å²) in [5.41, 5.74) is 1.14. The maximum absolute atomic E-state index is 9.27. The molecule has 0 bridgehead atoms. The van der Waals surface area contributed by atoms with Crippen molar-refractivity contribution in [3.05, 3.63) is 23.8 Å². The second-order valence-corrected chi connectivity index (χ2v) is 3.38. The largest absolute Gasteiger partial charge is 0.507 e. The van der Waals surface area contributed by atoms with Crippen molar-refractivity contribution in [1.82, 2.24) is 0 Å². The number of thiol groups is 1. The van der Waals surface area contributed by atoms with Crippen LogP contribution in [0.25, 0.3) is 0 Å². The third-order valence-corrected chi connectivity index (χ3v) is 2.04. The Morgan fingerprint density at radius 2 is 2.00 bits per heavy atom. The van der Waals surface area contributed by atoms with Crippen LogP contribution in [0.15, 0.2) is 23.1 Å². The van der Waals surface area contributed by atoms with Crippen LogP contribution < -0.4 is 0 Å². The fourth-order valence-electron chi connectivity index (χ4n) is 0.900. The summed E-state index contributed by atoms with van der Waals surface area (Å²) in [6.45, 7) is 4.18. The molecule has 0 heterocycles. The highest BCUT2D eigenvalue weighted by Crippen LogP contribution is 2.25. The summed E-state index contributed by atoms with van der Waals surface area (Å²) >= 11 is 4.06. The van der Waals surface area contributed by atoms with Gasteiger partial charge in [0.25, 0.3) is 0 Å². The molecular weight excluding hydrogens is 156 g/mol. The average Bonchev–Trinajstić information content (AvgIpc) is 1.94. The first kappa shape index (κ1) is 8.47. The van der Waals surface area contributed by atoms with Gasteiger partial charge in [0.1, 0.15) is 5.75 Å². The second-order valence-electron chi connectivity index (χ2n) is 2.90. The summed E-state index contributed by atoms with van der Waals surface area (Å²) in [4.78, 5) is 0.634. The number of aromatic hydroxyl groups is 1. The third kappa shape index (κ3) is 1.90. The lowest BCUT2D eigenvalue weighted by atomic mass is 10.0. The van der Waals surface area contributed by atoms with Gasteiger partial charge >= 0.3 is 0 Å². The van der Waals surface area contributed by atoms with Crippen LogP contribution in [0.4, 0.5) is 0 Å². The molecule has 0 aromatic heterocycles. The third-order valence-electron chi connectivity index (χ3n) is 1.67. The Morgan fingerprint density at radius 3 is 2.45 bits per heavy atom. The standard InChI is InChI=1S/C9H12OS/c1-6(2)7-3-4-9(11)8(10)5-7/h3-6,10-11H,1-2H3. The smallest absolute Gasteiger partial charge is 0.129 e. The van der Waals surface area contributed by atoms with Gasteiger partial charge in [-0.25, -0.2) is 0 Å². The Bertz CT molecular complexity index is 256. The zero-order chi connectivity index (χ0) is 8.43. The van der Waals surface area contributed by atoms with Gasteiger partial charge in [0.05, 0.1) is 0 Å². The first-order valence-corrected chi connectivity index (χ1v) is 4.08. The topological polar surface area (TPSA) is 20.2 Å². The minimum absolute atomic E-state index is 0.263. The molecule has 1 aromatic rings. The predicted molar refractivity (Wildman–Crippen MR) is 49.4 cm³/mol. The highest BCUT2D eigenvalue weighted by Gasteiger charge is 2.01. The molecule has 11 heavy (non-hydrogen) atoms. The number of hydrogen-bond donors (Lipinski definition) is 2. The Hall–Kier alpha value is -0.630. The van der Waals surface area contributed by atoms with Crippen LogP contribution in [-0.4, -0.2) is 5.11 Å². The van der Waals surface area contributed by atoms with Gasteiger partial charge < -0.3 is 5.11 Å². The molecule has 0 aliphatic rings. The molecule has 0 atom stereocenters. The Labute approximate surface area is 72.5 Å². The predicted octanol–water partition coefficient (Wildman–Crippen LogP) is 2.80. The van der Waals surface area contributed by atoms with Crippen molar-refractivity contribution in [1.29, 1.82) is 0 Å². The van der Waals surface area contributed by atoms with Crippen LogP contribution in [0.3, 0.4) is 0 Å². The fourth-order valence-corrected chi connectivity index (χ4v) is 1.04. The lowest BCUT2D eigenvalue weighted by molar-refractivity contribution is 0.461. The van der Waals surface area contributed by atoms with E-state index < -0.39 is 0 Å². The van der Waals surface area contributed by atoms with Crippen molar-refractivity contribution in [3.8, 4) is 5.75 Å². The van der Waals surface area contributed by atoms with Crippen molar-refractivity contribution in [2.75, 3.05) is 0 Å². The van der Waals surface area contributed by atoms with Crippen molar-refractivity contribution in [2.24, 2.45) is 0 Å². The molecule has 0 amide bonds. The normalized spacial score (nSPS) is 10.5. The average molecular weight is 168 g/mol. The lowest BCUT2D eigenvalue weighted by Gasteiger charge is -2.05. The number of hydrogen-bond acceptors (Lipinski definition) is 2. The van der Waals surface area contributed by atoms with Gasteiger partial charge in [-0.2, -0.15) is 0 Å². The number of benzene rings is 1. The van der Waals surface area contributed by atoms with E-state index in [9.17, 15) is 5.11 Å². The molecule has 1 aromatic carbocycles. The maximum atomic E-state index is 9.27. The van der Waals surface area contributed by atoms with Crippen LogP contribution in [0.5, 0.6) is 5.75 Å². The van der Waals surface area contributed by atoms with E-state index in [4.69, 9.17) is 0 Å². The molecule has 1 N–H and O–H groups in total. The quantitative estimate of drug-likeness (QED) is 0.618. The van der Waals surface area contributed by atoms with Gasteiger partial charge in [0.15, 0.2) is 0 Å². The highest BCUT2D eigenvalue weighted by atomic mass is 32.1. The molecule has 2 heteroatoms. The minimum Gasteiger partial charge on any atom is -0.507 e. The van der Waals surface area contributed by atoms with Crippen LogP contribution in [0.2, 0.25) is 0 Å². The van der Waals surface area contributed by atoms with E-state index in [0.717, 1.165) is 5.56 Å². The van der Waals surface area contributed by atoms with E-state index in [-0.39, 0.29) is 5.75 Å². The van der Waals surface area contributed by atoms with Crippen molar-refractivity contribution >= 4 is 12.6 Å².